The average Bonchev–Trinajstić information content (AvgIpc) is 2.83. The lowest BCUT2D eigenvalue weighted by Gasteiger charge is -2.44. The second kappa shape index (κ2) is 4.35. The van der Waals surface area contributed by atoms with Crippen molar-refractivity contribution in [3.05, 3.63) is 35.4 Å². The molecule has 0 amide bonds. The second-order valence-electron chi connectivity index (χ2n) is 6.53. The summed E-state index contributed by atoms with van der Waals surface area (Å²) >= 11 is 0. The molecule has 1 N–H and O–H groups in total. The smallest absolute Gasteiger partial charge is 0.0940 e. The molecular weight excluding hydrogens is 234 g/mol. The van der Waals surface area contributed by atoms with Gasteiger partial charge in [0.15, 0.2) is 0 Å². The van der Waals surface area contributed by atoms with Crippen LogP contribution in [-0.4, -0.2) is 10.7 Å². The molecule has 2 aliphatic carbocycles. The fourth-order valence-electron chi connectivity index (χ4n) is 3.85. The third kappa shape index (κ3) is 1.88. The van der Waals surface area contributed by atoms with Crippen LogP contribution in [0.5, 0.6) is 0 Å². The third-order valence-electron chi connectivity index (χ3n) is 5.31. The van der Waals surface area contributed by atoms with Crippen molar-refractivity contribution in [3.63, 3.8) is 0 Å². The minimum Gasteiger partial charge on any atom is -0.388 e. The quantitative estimate of drug-likeness (QED) is 0.837. The Balaban J connectivity index is 1.93. The highest BCUT2D eigenvalue weighted by atomic mass is 16.3. The highest BCUT2D eigenvalue weighted by molar-refractivity contribution is 5.39. The van der Waals surface area contributed by atoms with E-state index in [1.54, 1.807) is 0 Å². The van der Waals surface area contributed by atoms with Gasteiger partial charge in [0.05, 0.1) is 17.1 Å². The zero-order valence-electron chi connectivity index (χ0n) is 11.5. The molecule has 1 aromatic rings. The molecule has 0 bridgehead atoms. The maximum absolute atomic E-state index is 11.1. The summed E-state index contributed by atoms with van der Waals surface area (Å²) in [5.41, 5.74) is 1.09. The van der Waals surface area contributed by atoms with Crippen LogP contribution in [0.4, 0.5) is 0 Å². The van der Waals surface area contributed by atoms with E-state index >= 15 is 0 Å². The van der Waals surface area contributed by atoms with Crippen molar-refractivity contribution in [1.82, 2.24) is 0 Å². The molecule has 0 atom stereocenters. The van der Waals surface area contributed by atoms with E-state index in [1.807, 2.05) is 12.1 Å². The van der Waals surface area contributed by atoms with Gasteiger partial charge in [0, 0.05) is 0 Å². The molecule has 0 aliphatic heterocycles. The van der Waals surface area contributed by atoms with Gasteiger partial charge in [-0.25, -0.2) is 0 Å². The first-order chi connectivity index (χ1) is 9.09. The summed E-state index contributed by atoms with van der Waals surface area (Å²) in [6.07, 6.45) is 5.05. The highest BCUT2D eigenvalue weighted by Crippen LogP contribution is 2.51. The summed E-state index contributed by atoms with van der Waals surface area (Å²) in [7, 11) is 0. The summed E-state index contributed by atoms with van der Waals surface area (Å²) < 4.78 is 0. The molecule has 0 aromatic heterocycles. The van der Waals surface area contributed by atoms with E-state index in [0.29, 0.717) is 18.8 Å². The Morgan fingerprint density at radius 1 is 1.16 bits per heavy atom. The maximum Gasteiger partial charge on any atom is 0.0940 e. The third-order valence-corrected chi connectivity index (χ3v) is 5.31. The van der Waals surface area contributed by atoms with Crippen molar-refractivity contribution < 1.29 is 5.11 Å². The van der Waals surface area contributed by atoms with Crippen LogP contribution in [0.2, 0.25) is 0 Å². The Labute approximate surface area is 115 Å². The number of benzene rings is 1. The SMILES string of the molecule is CC1CCC(O)(C2(C#N)Cc3ccccc3C2)CC1. The number of nitrogens with zero attached hydrogens (tertiary/aromatic N) is 1. The number of nitriles is 1. The molecule has 0 saturated heterocycles. The number of hydrogen-bond donors (Lipinski definition) is 1. The molecule has 0 radical (unpaired) electrons. The predicted molar refractivity (Wildman–Crippen MR) is 74.5 cm³/mol. The van der Waals surface area contributed by atoms with Crippen LogP contribution in [0, 0.1) is 22.7 Å². The lowest BCUT2D eigenvalue weighted by molar-refractivity contribution is -0.0861. The number of aliphatic hydroxyl groups is 1. The zero-order valence-corrected chi connectivity index (χ0v) is 11.5. The summed E-state index contributed by atoms with van der Waals surface area (Å²) in [5, 5.41) is 20.9. The summed E-state index contributed by atoms with van der Waals surface area (Å²) in [5.74, 6) is 0.680. The zero-order chi connectivity index (χ0) is 13.5. The standard InChI is InChI=1S/C17H21NO/c1-13-6-8-17(19,9-7-13)16(12-18)10-14-4-2-3-5-15(14)11-16/h2-5,13,19H,6-11H2,1H3. The van der Waals surface area contributed by atoms with Crippen molar-refractivity contribution in [1.29, 1.82) is 5.26 Å². The first-order valence-electron chi connectivity index (χ1n) is 7.29. The highest BCUT2D eigenvalue weighted by Gasteiger charge is 2.54. The lowest BCUT2D eigenvalue weighted by Crippen LogP contribution is -2.50. The monoisotopic (exact) mass is 255 g/mol. The Morgan fingerprint density at radius 3 is 2.16 bits per heavy atom. The lowest BCUT2D eigenvalue weighted by atomic mass is 9.62. The van der Waals surface area contributed by atoms with E-state index in [2.05, 4.69) is 25.1 Å². The molecule has 1 aromatic carbocycles. The van der Waals surface area contributed by atoms with E-state index in [0.717, 1.165) is 25.7 Å². The number of fused-ring (bicyclic) bond motifs is 1. The van der Waals surface area contributed by atoms with Crippen LogP contribution < -0.4 is 0 Å². The van der Waals surface area contributed by atoms with E-state index in [9.17, 15) is 10.4 Å². The number of hydrogen-bond acceptors (Lipinski definition) is 2. The molecule has 1 saturated carbocycles. The molecule has 2 heteroatoms. The fourth-order valence-corrected chi connectivity index (χ4v) is 3.85. The molecule has 0 heterocycles. The van der Waals surface area contributed by atoms with Crippen molar-refractivity contribution in [3.8, 4) is 6.07 Å². The van der Waals surface area contributed by atoms with Gasteiger partial charge in [-0.05, 0) is 55.6 Å². The molecule has 2 aliphatic rings. The summed E-state index contributed by atoms with van der Waals surface area (Å²) in [4.78, 5) is 0. The van der Waals surface area contributed by atoms with Gasteiger partial charge in [-0.1, -0.05) is 31.2 Å². The molecule has 0 spiro atoms. The van der Waals surface area contributed by atoms with Crippen LogP contribution >= 0.6 is 0 Å². The van der Waals surface area contributed by atoms with Crippen molar-refractivity contribution >= 4 is 0 Å². The molecule has 3 rings (SSSR count). The minimum atomic E-state index is -0.798. The van der Waals surface area contributed by atoms with Gasteiger partial charge < -0.3 is 5.11 Å². The maximum atomic E-state index is 11.1. The first-order valence-corrected chi connectivity index (χ1v) is 7.29. The van der Waals surface area contributed by atoms with Gasteiger partial charge in [-0.15, -0.1) is 0 Å². The minimum absolute atomic E-state index is 0.600. The van der Waals surface area contributed by atoms with Gasteiger partial charge in [-0.3, -0.25) is 0 Å². The van der Waals surface area contributed by atoms with Gasteiger partial charge in [0.1, 0.15) is 0 Å². The Bertz CT molecular complexity index is 495. The van der Waals surface area contributed by atoms with E-state index in [4.69, 9.17) is 0 Å². The van der Waals surface area contributed by atoms with Crippen LogP contribution in [-0.2, 0) is 12.8 Å². The van der Waals surface area contributed by atoms with Crippen molar-refractivity contribution in [2.75, 3.05) is 0 Å². The van der Waals surface area contributed by atoms with Gasteiger partial charge in [0.2, 0.25) is 0 Å². The fraction of sp³-hybridized carbons (Fsp3) is 0.588. The second-order valence-corrected chi connectivity index (χ2v) is 6.53. The Morgan fingerprint density at radius 2 is 1.68 bits per heavy atom. The van der Waals surface area contributed by atoms with E-state index in [1.165, 1.54) is 11.1 Å². The van der Waals surface area contributed by atoms with Gasteiger partial charge in [-0.2, -0.15) is 5.26 Å². The van der Waals surface area contributed by atoms with Crippen molar-refractivity contribution in [2.24, 2.45) is 11.3 Å². The van der Waals surface area contributed by atoms with Crippen LogP contribution in [0.3, 0.4) is 0 Å². The molecular formula is C17H21NO. The topological polar surface area (TPSA) is 44.0 Å². The molecule has 19 heavy (non-hydrogen) atoms. The van der Waals surface area contributed by atoms with Gasteiger partial charge in [0.25, 0.3) is 0 Å². The molecule has 2 nitrogen and oxygen atoms in total. The molecule has 0 unspecified atom stereocenters. The summed E-state index contributed by atoms with van der Waals surface area (Å²) in [6.45, 7) is 2.24. The Kier molecular flexibility index (Phi) is 2.91. The number of rotatable bonds is 1. The van der Waals surface area contributed by atoms with Crippen LogP contribution in [0.15, 0.2) is 24.3 Å². The largest absolute Gasteiger partial charge is 0.388 e. The van der Waals surface area contributed by atoms with Crippen LogP contribution in [0.1, 0.15) is 43.7 Å². The normalized spacial score (nSPS) is 32.6. The first kappa shape index (κ1) is 12.7. The van der Waals surface area contributed by atoms with Gasteiger partial charge >= 0.3 is 0 Å². The Hall–Kier alpha value is -1.33. The summed E-state index contributed by atoms with van der Waals surface area (Å²) in [6, 6.07) is 10.8. The average molecular weight is 255 g/mol. The van der Waals surface area contributed by atoms with E-state index < -0.39 is 11.0 Å². The molecule has 1 fully saturated rings. The van der Waals surface area contributed by atoms with Crippen molar-refractivity contribution in [2.45, 2.75) is 51.0 Å². The predicted octanol–water partition coefficient (Wildman–Crippen LogP) is 3.24. The van der Waals surface area contributed by atoms with Crippen LogP contribution in [0.25, 0.3) is 0 Å². The van der Waals surface area contributed by atoms with E-state index in [-0.39, 0.29) is 0 Å². The molecule has 100 valence electrons.